The molecule has 0 saturated heterocycles. The van der Waals surface area contributed by atoms with E-state index in [2.05, 4.69) is 10.3 Å². The number of hydrogen-bond acceptors (Lipinski definition) is 4. The minimum absolute atomic E-state index is 0.0918. The van der Waals surface area contributed by atoms with Gasteiger partial charge in [0.1, 0.15) is 0 Å². The number of likely N-dealkylation sites (N-methyl/N-ethyl adjacent to an activating group) is 1. The largest absolute Gasteiger partial charge is 0.383 e. The fourth-order valence-electron chi connectivity index (χ4n) is 1.66. The highest BCUT2D eigenvalue weighted by Crippen LogP contribution is 2.22. The number of hydrogen-bond donors (Lipinski definition) is 1. The smallest absolute Gasteiger partial charge is 0.168 e. The topological polar surface area (TPSA) is 37.4 Å². The van der Waals surface area contributed by atoms with E-state index in [1.165, 1.54) is 0 Å². The molecule has 0 bridgehead atoms. The van der Waals surface area contributed by atoms with Crippen LogP contribution in [0.1, 0.15) is 20.3 Å². The molecule has 19 heavy (non-hydrogen) atoms. The number of aromatic nitrogens is 1. The molecule has 0 aromatic carbocycles. The van der Waals surface area contributed by atoms with Crippen molar-refractivity contribution >= 4 is 11.6 Å². The highest BCUT2D eigenvalue weighted by atomic mass is 19.1. The van der Waals surface area contributed by atoms with Gasteiger partial charge in [0.2, 0.25) is 0 Å². The van der Waals surface area contributed by atoms with Gasteiger partial charge in [-0.2, -0.15) is 0 Å². The molecular formula is C13H21F2N3O. The van der Waals surface area contributed by atoms with Crippen molar-refractivity contribution in [2.45, 2.75) is 20.3 Å². The van der Waals surface area contributed by atoms with E-state index in [0.717, 1.165) is 12.5 Å². The summed E-state index contributed by atoms with van der Waals surface area (Å²) in [7, 11) is 1.58. The molecule has 1 aromatic rings. The van der Waals surface area contributed by atoms with Gasteiger partial charge >= 0.3 is 0 Å². The Morgan fingerprint density at radius 1 is 1.32 bits per heavy atom. The fraction of sp³-hybridized carbons (Fsp3) is 0.615. The van der Waals surface area contributed by atoms with Crippen molar-refractivity contribution in [1.29, 1.82) is 0 Å². The van der Waals surface area contributed by atoms with Crippen molar-refractivity contribution in [2.24, 2.45) is 0 Å². The Morgan fingerprint density at radius 2 is 2.05 bits per heavy atom. The van der Waals surface area contributed by atoms with E-state index in [1.807, 2.05) is 13.8 Å². The number of nitrogens with zero attached hydrogens (tertiary/aromatic N) is 2. The predicted octanol–water partition coefficient (Wildman–Crippen LogP) is 2.65. The zero-order valence-electron chi connectivity index (χ0n) is 11.7. The second-order valence-corrected chi connectivity index (χ2v) is 4.12. The number of halogens is 2. The summed E-state index contributed by atoms with van der Waals surface area (Å²) in [5.74, 6) is -1.08. The predicted molar refractivity (Wildman–Crippen MR) is 72.7 cm³/mol. The van der Waals surface area contributed by atoms with E-state index in [1.54, 1.807) is 12.0 Å². The molecule has 0 aliphatic carbocycles. The van der Waals surface area contributed by atoms with Crippen LogP contribution in [-0.4, -0.2) is 38.3 Å². The molecule has 0 atom stereocenters. The Labute approximate surface area is 112 Å². The summed E-state index contributed by atoms with van der Waals surface area (Å²) in [5, 5.41) is 2.85. The minimum Gasteiger partial charge on any atom is -0.383 e. The summed E-state index contributed by atoms with van der Waals surface area (Å²) in [4.78, 5) is 5.76. The molecule has 0 fully saturated rings. The third-order valence-electron chi connectivity index (χ3n) is 2.70. The molecule has 1 aromatic heterocycles. The standard InChI is InChI=1S/C13H21F2N3O/c1-4-6-16-12-10(14)9-11(15)13(17-12)18(5-2)7-8-19-3/h9H,4-8H2,1-3H3,(H,16,17). The van der Waals surface area contributed by atoms with Gasteiger partial charge in [-0.05, 0) is 13.3 Å². The van der Waals surface area contributed by atoms with Gasteiger partial charge in [0, 0.05) is 32.8 Å². The zero-order valence-corrected chi connectivity index (χ0v) is 11.7. The van der Waals surface area contributed by atoms with Crippen LogP contribution < -0.4 is 10.2 Å². The van der Waals surface area contributed by atoms with Crippen LogP contribution in [-0.2, 0) is 4.74 Å². The number of methoxy groups -OCH3 is 1. The average molecular weight is 273 g/mol. The molecule has 1 N–H and O–H groups in total. The highest BCUT2D eigenvalue weighted by Gasteiger charge is 2.16. The van der Waals surface area contributed by atoms with Crippen LogP contribution in [0, 0.1) is 11.6 Å². The van der Waals surface area contributed by atoms with Crippen molar-refractivity contribution in [1.82, 2.24) is 4.98 Å². The van der Waals surface area contributed by atoms with E-state index >= 15 is 0 Å². The van der Waals surface area contributed by atoms with E-state index in [0.29, 0.717) is 26.2 Å². The lowest BCUT2D eigenvalue weighted by Crippen LogP contribution is -2.29. The number of nitrogens with one attached hydrogen (secondary N) is 1. The first-order chi connectivity index (χ1) is 9.13. The van der Waals surface area contributed by atoms with Gasteiger partial charge in [0.15, 0.2) is 23.3 Å². The molecule has 0 amide bonds. The summed E-state index contributed by atoms with van der Waals surface area (Å²) in [5.41, 5.74) is 0. The Morgan fingerprint density at radius 3 is 2.63 bits per heavy atom. The third kappa shape index (κ3) is 4.31. The van der Waals surface area contributed by atoms with Crippen molar-refractivity contribution in [3.63, 3.8) is 0 Å². The normalized spacial score (nSPS) is 10.6. The number of rotatable bonds is 8. The first kappa shape index (κ1) is 15.6. The average Bonchev–Trinajstić information content (AvgIpc) is 2.40. The third-order valence-corrected chi connectivity index (χ3v) is 2.70. The molecule has 0 aliphatic heterocycles. The molecule has 4 nitrogen and oxygen atoms in total. The molecule has 0 spiro atoms. The summed E-state index contributed by atoms with van der Waals surface area (Å²) in [6.07, 6.45) is 0.842. The van der Waals surface area contributed by atoms with Gasteiger partial charge < -0.3 is 15.0 Å². The Balaban J connectivity index is 2.97. The first-order valence-electron chi connectivity index (χ1n) is 6.47. The molecule has 6 heteroatoms. The molecular weight excluding hydrogens is 252 g/mol. The van der Waals surface area contributed by atoms with Crippen LogP contribution in [0.2, 0.25) is 0 Å². The lowest BCUT2D eigenvalue weighted by atomic mass is 10.3. The van der Waals surface area contributed by atoms with E-state index in [9.17, 15) is 8.78 Å². The number of anilines is 2. The monoisotopic (exact) mass is 273 g/mol. The van der Waals surface area contributed by atoms with Gasteiger partial charge in [-0.1, -0.05) is 6.92 Å². The van der Waals surface area contributed by atoms with Crippen LogP contribution in [0.4, 0.5) is 20.4 Å². The lowest BCUT2D eigenvalue weighted by Gasteiger charge is -2.22. The second kappa shape index (κ2) is 7.89. The van der Waals surface area contributed by atoms with Crippen molar-refractivity contribution in [2.75, 3.05) is 43.6 Å². The quantitative estimate of drug-likeness (QED) is 0.790. The van der Waals surface area contributed by atoms with E-state index in [4.69, 9.17) is 4.74 Å². The Hall–Kier alpha value is -1.43. The summed E-state index contributed by atoms with van der Waals surface area (Å²) >= 11 is 0. The maximum atomic E-state index is 13.8. The maximum Gasteiger partial charge on any atom is 0.168 e. The molecule has 0 unspecified atom stereocenters. The highest BCUT2D eigenvalue weighted by molar-refractivity contribution is 5.49. The molecule has 0 saturated carbocycles. The van der Waals surface area contributed by atoms with Gasteiger partial charge in [-0.15, -0.1) is 0 Å². The van der Waals surface area contributed by atoms with Crippen LogP contribution in [0.25, 0.3) is 0 Å². The van der Waals surface area contributed by atoms with Crippen LogP contribution in [0.3, 0.4) is 0 Å². The van der Waals surface area contributed by atoms with Crippen LogP contribution >= 0.6 is 0 Å². The second-order valence-electron chi connectivity index (χ2n) is 4.12. The summed E-state index contributed by atoms with van der Waals surface area (Å²) in [6.45, 7) is 6.00. The molecule has 0 radical (unpaired) electrons. The van der Waals surface area contributed by atoms with Gasteiger partial charge in [-0.3, -0.25) is 0 Å². The SMILES string of the molecule is CCCNc1nc(N(CC)CCOC)c(F)cc1F. The van der Waals surface area contributed by atoms with Gasteiger partial charge in [-0.25, -0.2) is 13.8 Å². The van der Waals surface area contributed by atoms with Crippen molar-refractivity contribution in [3.8, 4) is 0 Å². The summed E-state index contributed by atoms with van der Waals surface area (Å²) in [6, 6.07) is 0.871. The lowest BCUT2D eigenvalue weighted by molar-refractivity contribution is 0.205. The first-order valence-corrected chi connectivity index (χ1v) is 6.47. The number of ether oxygens (including phenoxy) is 1. The number of pyridine rings is 1. The Kier molecular flexibility index (Phi) is 6.49. The minimum atomic E-state index is -0.669. The van der Waals surface area contributed by atoms with Crippen LogP contribution in [0.15, 0.2) is 6.07 Å². The molecule has 1 rings (SSSR count). The van der Waals surface area contributed by atoms with E-state index in [-0.39, 0.29) is 11.6 Å². The maximum absolute atomic E-state index is 13.8. The van der Waals surface area contributed by atoms with Gasteiger partial charge in [0.25, 0.3) is 0 Å². The molecule has 1 heterocycles. The zero-order chi connectivity index (χ0) is 14.3. The van der Waals surface area contributed by atoms with Crippen molar-refractivity contribution < 1.29 is 13.5 Å². The molecule has 108 valence electrons. The van der Waals surface area contributed by atoms with Gasteiger partial charge in [0.05, 0.1) is 6.61 Å². The van der Waals surface area contributed by atoms with Crippen molar-refractivity contribution in [3.05, 3.63) is 17.7 Å². The van der Waals surface area contributed by atoms with Crippen LogP contribution in [0.5, 0.6) is 0 Å². The molecule has 0 aliphatic rings. The Bertz CT molecular complexity index is 402. The summed E-state index contributed by atoms with van der Waals surface area (Å²) < 4.78 is 32.3. The van der Waals surface area contributed by atoms with E-state index < -0.39 is 11.6 Å². The fourth-order valence-corrected chi connectivity index (χ4v) is 1.66.